The molecule has 0 radical (unpaired) electrons. The minimum absolute atomic E-state index is 0.00167. The van der Waals surface area contributed by atoms with E-state index in [4.69, 9.17) is 9.47 Å². The zero-order valence-electron chi connectivity index (χ0n) is 15.1. The minimum atomic E-state index is -1.21. The van der Waals surface area contributed by atoms with Crippen LogP contribution in [0.3, 0.4) is 0 Å². The summed E-state index contributed by atoms with van der Waals surface area (Å²) in [6.07, 6.45) is 2.97. The van der Waals surface area contributed by atoms with Gasteiger partial charge in [-0.1, -0.05) is 30.3 Å². The van der Waals surface area contributed by atoms with Crippen LogP contribution in [0.5, 0.6) is 5.75 Å². The van der Waals surface area contributed by atoms with Gasteiger partial charge in [-0.25, -0.2) is 9.18 Å². The fraction of sp³-hybridized carbons (Fsp3) is 0.238. The van der Waals surface area contributed by atoms with Crippen molar-refractivity contribution in [1.82, 2.24) is 4.57 Å². The first-order chi connectivity index (χ1) is 13.5. The molecule has 7 heteroatoms. The van der Waals surface area contributed by atoms with Gasteiger partial charge in [-0.05, 0) is 24.5 Å². The van der Waals surface area contributed by atoms with Gasteiger partial charge in [0.2, 0.25) is 11.2 Å². The highest BCUT2D eigenvalue weighted by molar-refractivity contribution is 5.95. The number of hydrogen-bond acceptors (Lipinski definition) is 4. The number of benzene rings is 2. The number of carbonyl (C=O) groups excluding carboxylic acids is 1. The van der Waals surface area contributed by atoms with Crippen molar-refractivity contribution in [3.05, 3.63) is 75.6 Å². The van der Waals surface area contributed by atoms with Gasteiger partial charge < -0.3 is 14.0 Å². The minimum Gasteiger partial charge on any atom is -0.491 e. The maximum Gasteiger partial charge on any atom is 0.343 e. The summed E-state index contributed by atoms with van der Waals surface area (Å²) >= 11 is 0. The summed E-state index contributed by atoms with van der Waals surface area (Å²) in [4.78, 5) is 25.4. The SMILES string of the molecule is COc1c(F)c(F)cc2c(=O)c(C(=O)OCc3ccccc3)cn(C3CC3)c12. The van der Waals surface area contributed by atoms with Gasteiger partial charge in [-0.15, -0.1) is 0 Å². The van der Waals surface area contributed by atoms with Gasteiger partial charge in [-0.2, -0.15) is 4.39 Å². The molecule has 1 aliphatic rings. The predicted octanol–water partition coefficient (Wildman–Crippen LogP) is 3.98. The molecule has 0 amide bonds. The summed E-state index contributed by atoms with van der Waals surface area (Å²) in [7, 11) is 1.21. The van der Waals surface area contributed by atoms with Crippen LogP contribution in [0.1, 0.15) is 34.8 Å². The number of rotatable bonds is 5. The monoisotopic (exact) mass is 385 g/mol. The zero-order chi connectivity index (χ0) is 19.8. The number of hydrogen-bond donors (Lipinski definition) is 0. The molecule has 3 aromatic rings. The van der Waals surface area contributed by atoms with E-state index in [-0.39, 0.29) is 34.9 Å². The third-order valence-electron chi connectivity index (χ3n) is 4.74. The summed E-state index contributed by atoms with van der Waals surface area (Å²) in [6, 6.07) is 9.83. The number of carbonyl (C=O) groups is 1. The Morgan fingerprint density at radius 3 is 2.57 bits per heavy atom. The number of methoxy groups -OCH3 is 1. The van der Waals surface area contributed by atoms with E-state index in [9.17, 15) is 18.4 Å². The van der Waals surface area contributed by atoms with E-state index in [1.165, 1.54) is 13.3 Å². The highest BCUT2D eigenvalue weighted by Gasteiger charge is 2.30. The lowest BCUT2D eigenvalue weighted by molar-refractivity contribution is 0.0470. The highest BCUT2D eigenvalue weighted by Crippen LogP contribution is 2.40. The average Bonchev–Trinajstić information content (AvgIpc) is 3.54. The topological polar surface area (TPSA) is 57.5 Å². The van der Waals surface area contributed by atoms with Crippen LogP contribution in [-0.2, 0) is 11.3 Å². The van der Waals surface area contributed by atoms with Gasteiger partial charge in [-0.3, -0.25) is 4.79 Å². The van der Waals surface area contributed by atoms with Crippen molar-refractivity contribution in [2.75, 3.05) is 7.11 Å². The van der Waals surface area contributed by atoms with Gasteiger partial charge in [0.25, 0.3) is 0 Å². The average molecular weight is 385 g/mol. The van der Waals surface area contributed by atoms with E-state index in [1.54, 1.807) is 16.7 Å². The van der Waals surface area contributed by atoms with Gasteiger partial charge in [0.05, 0.1) is 18.0 Å². The summed E-state index contributed by atoms with van der Waals surface area (Å²) < 4.78 is 40.1. The van der Waals surface area contributed by atoms with Crippen LogP contribution in [0.2, 0.25) is 0 Å². The van der Waals surface area contributed by atoms with Crippen molar-refractivity contribution in [1.29, 1.82) is 0 Å². The van der Waals surface area contributed by atoms with Crippen LogP contribution < -0.4 is 10.2 Å². The second kappa shape index (κ2) is 7.07. The Hall–Kier alpha value is -3.22. The van der Waals surface area contributed by atoms with Crippen molar-refractivity contribution < 1.29 is 23.0 Å². The predicted molar refractivity (Wildman–Crippen MR) is 98.5 cm³/mol. The first kappa shape index (κ1) is 18.2. The van der Waals surface area contributed by atoms with E-state index in [0.29, 0.717) is 0 Å². The van der Waals surface area contributed by atoms with E-state index < -0.39 is 23.0 Å². The van der Waals surface area contributed by atoms with Crippen molar-refractivity contribution >= 4 is 16.9 Å². The molecule has 1 aromatic heterocycles. The zero-order valence-corrected chi connectivity index (χ0v) is 15.1. The van der Waals surface area contributed by atoms with Crippen molar-refractivity contribution in [3.63, 3.8) is 0 Å². The third kappa shape index (κ3) is 3.13. The third-order valence-corrected chi connectivity index (χ3v) is 4.74. The molecule has 0 N–H and O–H groups in total. The van der Waals surface area contributed by atoms with Crippen LogP contribution >= 0.6 is 0 Å². The molecular weight excluding hydrogens is 368 g/mol. The molecule has 1 heterocycles. The molecule has 4 rings (SSSR count). The van der Waals surface area contributed by atoms with Crippen LogP contribution in [0.15, 0.2) is 47.4 Å². The Morgan fingerprint density at radius 1 is 1.21 bits per heavy atom. The Balaban J connectivity index is 1.81. The Labute approximate surface area is 159 Å². The van der Waals surface area contributed by atoms with Crippen LogP contribution in [-0.4, -0.2) is 17.6 Å². The molecule has 0 unspecified atom stereocenters. The summed E-state index contributed by atoms with van der Waals surface area (Å²) in [5.41, 5.74) is -0.0204. The number of ether oxygens (including phenoxy) is 2. The van der Waals surface area contributed by atoms with E-state index in [1.807, 2.05) is 18.2 Å². The summed E-state index contributed by atoms with van der Waals surface area (Å²) in [6.45, 7) is 0.00167. The first-order valence-corrected chi connectivity index (χ1v) is 8.83. The van der Waals surface area contributed by atoms with Crippen LogP contribution in [0.4, 0.5) is 8.78 Å². The fourth-order valence-corrected chi connectivity index (χ4v) is 3.20. The molecular formula is C21H17F2NO4. The summed E-state index contributed by atoms with van der Waals surface area (Å²) in [5, 5.41) is -0.114. The Kier molecular flexibility index (Phi) is 4.58. The molecule has 0 atom stereocenters. The largest absolute Gasteiger partial charge is 0.491 e. The maximum absolute atomic E-state index is 14.2. The summed E-state index contributed by atoms with van der Waals surface area (Å²) in [5.74, 6) is -3.53. The molecule has 1 aliphatic carbocycles. The van der Waals surface area contributed by atoms with Crippen molar-refractivity contribution in [3.8, 4) is 5.75 Å². The lowest BCUT2D eigenvalue weighted by Crippen LogP contribution is -2.21. The van der Waals surface area contributed by atoms with Crippen molar-refractivity contribution in [2.45, 2.75) is 25.5 Å². The number of esters is 1. The molecule has 1 saturated carbocycles. The smallest absolute Gasteiger partial charge is 0.343 e. The maximum atomic E-state index is 14.2. The van der Waals surface area contributed by atoms with Crippen LogP contribution in [0.25, 0.3) is 10.9 Å². The van der Waals surface area contributed by atoms with Gasteiger partial charge in [0, 0.05) is 12.2 Å². The second-order valence-corrected chi connectivity index (χ2v) is 6.67. The molecule has 0 saturated heterocycles. The van der Waals surface area contributed by atoms with Crippen molar-refractivity contribution in [2.24, 2.45) is 0 Å². The second-order valence-electron chi connectivity index (χ2n) is 6.67. The van der Waals surface area contributed by atoms with Gasteiger partial charge in [0.15, 0.2) is 11.6 Å². The van der Waals surface area contributed by atoms with E-state index in [2.05, 4.69) is 0 Å². The standard InChI is InChI=1S/C21H17F2NO4/c1-27-20-17(23)16(22)9-14-18(20)24(13-7-8-13)10-15(19(14)25)21(26)28-11-12-5-3-2-4-6-12/h2-6,9-10,13H,7-8,11H2,1H3. The van der Waals surface area contributed by atoms with Crippen LogP contribution in [0, 0.1) is 11.6 Å². The van der Waals surface area contributed by atoms with E-state index in [0.717, 1.165) is 24.5 Å². The number of halogens is 2. The quantitative estimate of drug-likeness (QED) is 0.624. The highest BCUT2D eigenvalue weighted by atomic mass is 19.2. The molecule has 28 heavy (non-hydrogen) atoms. The Morgan fingerprint density at radius 2 is 1.93 bits per heavy atom. The molecule has 0 bridgehead atoms. The molecule has 1 fully saturated rings. The lowest BCUT2D eigenvalue weighted by atomic mass is 10.1. The van der Waals surface area contributed by atoms with E-state index >= 15 is 0 Å². The normalized spacial score (nSPS) is 13.5. The number of fused-ring (bicyclic) bond motifs is 1. The molecule has 0 spiro atoms. The number of nitrogens with zero attached hydrogens (tertiary/aromatic N) is 1. The number of aromatic nitrogens is 1. The molecule has 0 aliphatic heterocycles. The fourth-order valence-electron chi connectivity index (χ4n) is 3.20. The molecule has 144 valence electrons. The van der Waals surface area contributed by atoms with Gasteiger partial charge >= 0.3 is 5.97 Å². The lowest BCUT2D eigenvalue weighted by Gasteiger charge is -2.16. The molecule has 5 nitrogen and oxygen atoms in total. The van der Waals surface area contributed by atoms with Gasteiger partial charge in [0.1, 0.15) is 12.2 Å². The Bertz CT molecular complexity index is 1120. The first-order valence-electron chi connectivity index (χ1n) is 8.83. The molecule has 2 aromatic carbocycles. The number of pyridine rings is 1.